The van der Waals surface area contributed by atoms with Crippen molar-refractivity contribution in [1.82, 2.24) is 5.32 Å². The number of ether oxygens (including phenoxy) is 1. The standard InChI is InChI=1S/C13H17F2NO6S/c14-13(15,23(19,20)21)11(18)16-5-3-8-10(17)22-9-6-7-2-1-4-12(7,8)9/h7-9H,1-6H2,(H,16,18)(H,19,20,21). The van der Waals surface area contributed by atoms with E-state index in [4.69, 9.17) is 9.29 Å². The Hall–Kier alpha value is -1.29. The van der Waals surface area contributed by atoms with Crippen molar-refractivity contribution in [1.29, 1.82) is 0 Å². The average Bonchev–Trinajstić information content (AvgIpc) is 2.86. The van der Waals surface area contributed by atoms with Crippen LogP contribution in [0.5, 0.6) is 0 Å². The molecule has 1 spiro atoms. The monoisotopic (exact) mass is 353 g/mol. The van der Waals surface area contributed by atoms with E-state index in [0.29, 0.717) is 5.92 Å². The summed E-state index contributed by atoms with van der Waals surface area (Å²) in [5, 5.41) is -3.13. The van der Waals surface area contributed by atoms with Gasteiger partial charge in [-0.2, -0.15) is 17.2 Å². The van der Waals surface area contributed by atoms with Gasteiger partial charge in [-0.15, -0.1) is 0 Å². The predicted molar refractivity (Wildman–Crippen MR) is 71.9 cm³/mol. The Kier molecular flexibility index (Phi) is 3.67. The third-order valence-corrected chi connectivity index (χ3v) is 6.35. The van der Waals surface area contributed by atoms with Gasteiger partial charge < -0.3 is 10.1 Å². The molecule has 0 aromatic heterocycles. The number of esters is 1. The van der Waals surface area contributed by atoms with Crippen molar-refractivity contribution >= 4 is 22.0 Å². The number of amides is 1. The summed E-state index contributed by atoms with van der Waals surface area (Å²) in [6.45, 7) is -0.287. The first-order valence-electron chi connectivity index (χ1n) is 7.44. The molecule has 2 saturated carbocycles. The van der Waals surface area contributed by atoms with Gasteiger partial charge in [0, 0.05) is 12.0 Å². The highest BCUT2D eigenvalue weighted by atomic mass is 32.2. The largest absolute Gasteiger partial charge is 0.461 e. The molecule has 2 aliphatic carbocycles. The molecule has 130 valence electrons. The quantitative estimate of drug-likeness (QED) is 0.556. The molecule has 23 heavy (non-hydrogen) atoms. The lowest BCUT2D eigenvalue weighted by molar-refractivity contribution is -0.147. The van der Waals surface area contributed by atoms with E-state index in [0.717, 1.165) is 25.7 Å². The Bertz CT molecular complexity index is 651. The van der Waals surface area contributed by atoms with Crippen molar-refractivity contribution in [3.63, 3.8) is 0 Å². The molecule has 1 aliphatic heterocycles. The normalized spacial score (nSPS) is 36.0. The van der Waals surface area contributed by atoms with Gasteiger partial charge in [-0.1, -0.05) is 6.42 Å². The topological polar surface area (TPSA) is 110 Å². The third kappa shape index (κ3) is 2.25. The maximum Gasteiger partial charge on any atom is 0.446 e. The second-order valence-corrected chi connectivity index (χ2v) is 7.91. The van der Waals surface area contributed by atoms with Gasteiger partial charge in [0.25, 0.3) is 0 Å². The Labute approximate surface area is 131 Å². The minimum absolute atomic E-state index is 0.110. The first-order chi connectivity index (χ1) is 10.6. The number of nitrogens with one attached hydrogen (secondary N) is 1. The second kappa shape index (κ2) is 5.10. The fourth-order valence-corrected chi connectivity index (χ4v) is 4.73. The first-order valence-corrected chi connectivity index (χ1v) is 8.88. The lowest BCUT2D eigenvalue weighted by Crippen LogP contribution is -2.51. The number of hydrogen-bond donors (Lipinski definition) is 2. The third-order valence-electron chi connectivity index (χ3n) is 5.52. The van der Waals surface area contributed by atoms with Crippen molar-refractivity contribution in [3.05, 3.63) is 0 Å². The smallest absolute Gasteiger partial charge is 0.446 e. The summed E-state index contributed by atoms with van der Waals surface area (Å²) < 4.78 is 60.9. The van der Waals surface area contributed by atoms with E-state index in [2.05, 4.69) is 0 Å². The zero-order valence-corrected chi connectivity index (χ0v) is 12.9. The van der Waals surface area contributed by atoms with Crippen LogP contribution in [0.2, 0.25) is 0 Å². The first kappa shape index (κ1) is 16.6. The van der Waals surface area contributed by atoms with Gasteiger partial charge in [0.1, 0.15) is 6.10 Å². The van der Waals surface area contributed by atoms with Crippen molar-refractivity contribution < 1.29 is 36.1 Å². The summed E-state index contributed by atoms with van der Waals surface area (Å²) >= 11 is 0. The van der Waals surface area contributed by atoms with E-state index in [1.54, 1.807) is 5.32 Å². The number of rotatable bonds is 5. The molecule has 1 amide bonds. The molecule has 2 N–H and O–H groups in total. The van der Waals surface area contributed by atoms with Crippen LogP contribution in [0.25, 0.3) is 0 Å². The molecular formula is C13H17F2NO6S. The molecule has 4 unspecified atom stereocenters. The summed E-state index contributed by atoms with van der Waals surface area (Å²) in [7, 11) is -5.82. The molecule has 10 heteroatoms. The van der Waals surface area contributed by atoms with Crippen molar-refractivity contribution in [2.75, 3.05) is 6.54 Å². The predicted octanol–water partition coefficient (Wildman–Crippen LogP) is 0.705. The van der Waals surface area contributed by atoms with Gasteiger partial charge in [0.15, 0.2) is 0 Å². The van der Waals surface area contributed by atoms with Crippen LogP contribution in [0.15, 0.2) is 0 Å². The maximum absolute atomic E-state index is 13.1. The molecule has 3 fully saturated rings. The summed E-state index contributed by atoms with van der Waals surface area (Å²) in [5.74, 6) is -2.56. The van der Waals surface area contributed by atoms with Crippen LogP contribution in [0.1, 0.15) is 32.1 Å². The van der Waals surface area contributed by atoms with Crippen LogP contribution in [0.3, 0.4) is 0 Å². The average molecular weight is 353 g/mol. The highest BCUT2D eigenvalue weighted by Gasteiger charge is 2.68. The Morgan fingerprint density at radius 2 is 2.17 bits per heavy atom. The minimum atomic E-state index is -5.82. The van der Waals surface area contributed by atoms with Crippen LogP contribution >= 0.6 is 0 Å². The number of carbonyl (C=O) groups excluding carboxylic acids is 2. The summed E-state index contributed by atoms with van der Waals surface area (Å²) in [5.41, 5.74) is -0.243. The number of carbonyl (C=O) groups is 2. The molecule has 7 nitrogen and oxygen atoms in total. The van der Waals surface area contributed by atoms with E-state index in [-0.39, 0.29) is 30.5 Å². The molecular weight excluding hydrogens is 336 g/mol. The molecule has 4 atom stereocenters. The summed E-state index contributed by atoms with van der Waals surface area (Å²) in [6, 6.07) is 0. The van der Waals surface area contributed by atoms with Gasteiger partial charge in [-0.3, -0.25) is 14.1 Å². The lowest BCUT2D eigenvalue weighted by atomic mass is 9.54. The van der Waals surface area contributed by atoms with Crippen molar-refractivity contribution in [2.24, 2.45) is 17.3 Å². The van der Waals surface area contributed by atoms with Crippen LogP contribution in [0, 0.1) is 17.3 Å². The van der Waals surface area contributed by atoms with E-state index in [1.165, 1.54) is 0 Å². The molecule has 3 rings (SSSR count). The van der Waals surface area contributed by atoms with Gasteiger partial charge in [0.2, 0.25) is 0 Å². The maximum atomic E-state index is 13.1. The number of halogens is 2. The number of alkyl halides is 2. The molecule has 3 aliphatic rings. The Balaban J connectivity index is 1.61. The van der Waals surface area contributed by atoms with Crippen molar-refractivity contribution in [2.45, 2.75) is 43.5 Å². The van der Waals surface area contributed by atoms with Gasteiger partial charge in [0.05, 0.1) is 5.92 Å². The zero-order valence-electron chi connectivity index (χ0n) is 12.1. The molecule has 1 saturated heterocycles. The van der Waals surface area contributed by atoms with E-state index in [1.807, 2.05) is 0 Å². The van der Waals surface area contributed by atoms with Crippen LogP contribution < -0.4 is 5.32 Å². The van der Waals surface area contributed by atoms with Gasteiger partial charge in [-0.25, -0.2) is 0 Å². The van der Waals surface area contributed by atoms with E-state index in [9.17, 15) is 26.8 Å². The molecule has 0 aromatic carbocycles. The lowest BCUT2D eigenvalue weighted by Gasteiger charge is -2.48. The second-order valence-electron chi connectivity index (χ2n) is 6.45. The fourth-order valence-electron chi connectivity index (χ4n) is 4.43. The Morgan fingerprint density at radius 1 is 1.48 bits per heavy atom. The van der Waals surface area contributed by atoms with Crippen molar-refractivity contribution in [3.8, 4) is 0 Å². The zero-order chi connectivity index (χ0) is 17.0. The van der Waals surface area contributed by atoms with Crippen LogP contribution in [-0.4, -0.2) is 42.8 Å². The highest BCUT2D eigenvalue weighted by Crippen LogP contribution is 2.66. The highest BCUT2D eigenvalue weighted by molar-refractivity contribution is 7.87. The summed E-state index contributed by atoms with van der Waals surface area (Å²) in [6.07, 6.45) is 3.66. The van der Waals surface area contributed by atoms with Crippen LogP contribution in [-0.2, 0) is 24.4 Å². The summed E-state index contributed by atoms with van der Waals surface area (Å²) in [4.78, 5) is 23.2. The van der Waals surface area contributed by atoms with E-state index >= 15 is 0 Å². The van der Waals surface area contributed by atoms with Gasteiger partial charge in [-0.05, 0) is 31.6 Å². The van der Waals surface area contributed by atoms with Crippen LogP contribution in [0.4, 0.5) is 8.78 Å². The minimum Gasteiger partial charge on any atom is -0.461 e. The number of hydrogen-bond acceptors (Lipinski definition) is 5. The fraction of sp³-hybridized carbons (Fsp3) is 0.846. The molecule has 0 bridgehead atoms. The van der Waals surface area contributed by atoms with Gasteiger partial charge >= 0.3 is 27.2 Å². The molecule has 0 aromatic rings. The Morgan fingerprint density at radius 3 is 2.78 bits per heavy atom. The SMILES string of the molecule is O=C1OC2CC3CCCC32C1CCNC(=O)C(F)(F)S(=O)(=O)O. The van der Waals surface area contributed by atoms with E-state index < -0.39 is 27.2 Å². The molecule has 0 radical (unpaired) electrons. The molecule has 1 heterocycles.